The Labute approximate surface area is 228 Å². The van der Waals surface area contributed by atoms with E-state index in [9.17, 15) is 9.59 Å². The number of amides is 2. The fourth-order valence-corrected chi connectivity index (χ4v) is 6.31. The molecule has 2 amide bonds. The number of nitrogens with one attached hydrogen (secondary N) is 1. The van der Waals surface area contributed by atoms with Crippen LogP contribution in [0.4, 0.5) is 5.82 Å². The molecule has 0 unspecified atom stereocenters. The van der Waals surface area contributed by atoms with Gasteiger partial charge in [0.2, 0.25) is 11.8 Å². The summed E-state index contributed by atoms with van der Waals surface area (Å²) in [6.07, 6.45) is 4.83. The van der Waals surface area contributed by atoms with Crippen molar-refractivity contribution in [3.63, 3.8) is 0 Å². The van der Waals surface area contributed by atoms with Crippen LogP contribution in [0.5, 0.6) is 0 Å². The Kier molecular flexibility index (Phi) is 6.75. The number of aromatic amines is 1. The largest absolute Gasteiger partial charge is 0.346 e. The number of fused-ring (bicyclic) bond motifs is 1. The number of nitrogens with zero attached hydrogens (tertiary/aromatic N) is 6. The Morgan fingerprint density at radius 2 is 1.84 bits per heavy atom. The minimum absolute atomic E-state index is 0.0269. The van der Waals surface area contributed by atoms with Gasteiger partial charge in [-0.25, -0.2) is 0 Å². The van der Waals surface area contributed by atoms with Crippen molar-refractivity contribution >= 4 is 40.1 Å². The van der Waals surface area contributed by atoms with Gasteiger partial charge in [-0.2, -0.15) is 10.2 Å². The van der Waals surface area contributed by atoms with E-state index in [1.165, 1.54) is 6.08 Å². The zero-order valence-corrected chi connectivity index (χ0v) is 23.6. The van der Waals surface area contributed by atoms with Crippen molar-refractivity contribution in [2.75, 3.05) is 37.6 Å². The van der Waals surface area contributed by atoms with E-state index in [1.54, 1.807) is 6.92 Å². The van der Waals surface area contributed by atoms with E-state index in [-0.39, 0.29) is 23.4 Å². The van der Waals surface area contributed by atoms with Crippen LogP contribution in [0.1, 0.15) is 50.9 Å². The van der Waals surface area contributed by atoms with Gasteiger partial charge in [0, 0.05) is 61.9 Å². The molecule has 2 fully saturated rings. The van der Waals surface area contributed by atoms with Crippen LogP contribution in [0, 0.1) is 13.8 Å². The highest BCUT2D eigenvalue weighted by molar-refractivity contribution is 6.36. The third kappa shape index (κ3) is 4.36. The van der Waals surface area contributed by atoms with Crippen LogP contribution >= 0.6 is 11.6 Å². The van der Waals surface area contributed by atoms with Gasteiger partial charge in [0.25, 0.3) is 0 Å². The number of aryl methyl sites for hydroxylation is 1. The SMILES string of the molecule is C=CC(=O)N1CCC(n2nc(N3CCN(C(C)=O)CC3(C)C)c(-c3c(Cl)c(C)cc4[nH]ncc34)c2C)CC1. The topological polar surface area (TPSA) is 90.4 Å². The summed E-state index contributed by atoms with van der Waals surface area (Å²) >= 11 is 7.04. The Bertz CT molecular complexity index is 1410. The predicted octanol–water partition coefficient (Wildman–Crippen LogP) is 4.49. The van der Waals surface area contributed by atoms with Gasteiger partial charge in [0.05, 0.1) is 28.3 Å². The van der Waals surface area contributed by atoms with Gasteiger partial charge in [-0.05, 0) is 58.2 Å². The molecule has 1 N–H and O–H groups in total. The molecule has 0 atom stereocenters. The van der Waals surface area contributed by atoms with E-state index in [0.717, 1.165) is 51.9 Å². The van der Waals surface area contributed by atoms with Gasteiger partial charge in [-0.1, -0.05) is 18.2 Å². The Morgan fingerprint density at radius 3 is 2.47 bits per heavy atom. The highest BCUT2D eigenvalue weighted by Gasteiger charge is 2.39. The van der Waals surface area contributed by atoms with Crippen molar-refractivity contribution in [3.8, 4) is 11.1 Å². The molecule has 38 heavy (non-hydrogen) atoms. The molecular weight excluding hydrogens is 502 g/mol. The number of anilines is 1. The van der Waals surface area contributed by atoms with Crippen LogP contribution in [0.25, 0.3) is 22.0 Å². The van der Waals surface area contributed by atoms with E-state index in [0.29, 0.717) is 37.7 Å². The normalized spacial score (nSPS) is 18.3. The van der Waals surface area contributed by atoms with Crippen molar-refractivity contribution in [1.29, 1.82) is 0 Å². The van der Waals surface area contributed by atoms with E-state index < -0.39 is 0 Å². The average molecular weight is 538 g/mol. The molecule has 2 aliphatic rings. The lowest BCUT2D eigenvalue weighted by atomic mass is 9.94. The highest BCUT2D eigenvalue weighted by Crippen LogP contribution is 2.46. The summed E-state index contributed by atoms with van der Waals surface area (Å²) in [6, 6.07) is 2.18. The lowest BCUT2D eigenvalue weighted by Crippen LogP contribution is -2.60. The second kappa shape index (κ2) is 9.76. The maximum atomic E-state index is 12.2. The minimum atomic E-state index is -0.337. The summed E-state index contributed by atoms with van der Waals surface area (Å²) in [7, 11) is 0. The zero-order valence-electron chi connectivity index (χ0n) is 22.8. The van der Waals surface area contributed by atoms with Gasteiger partial charge in [0.1, 0.15) is 0 Å². The van der Waals surface area contributed by atoms with Gasteiger partial charge in [-0.3, -0.25) is 19.4 Å². The Hall–Kier alpha value is -3.33. The molecule has 0 saturated carbocycles. The molecule has 2 saturated heterocycles. The molecule has 0 aliphatic carbocycles. The summed E-state index contributed by atoms with van der Waals surface area (Å²) in [5.74, 6) is 0.929. The molecule has 0 spiro atoms. The standard InChI is InChI=1S/C28H36ClN7O2/c1-7-23(38)33-10-8-20(9-11-33)36-18(3)24(25-21-15-30-31-22(21)14-17(2)26(25)29)27(32-36)35-13-12-34(19(4)37)16-28(35,5)6/h7,14-15,20H,1,8-13,16H2,2-6H3,(H,30,31). The van der Waals surface area contributed by atoms with E-state index in [4.69, 9.17) is 16.7 Å². The summed E-state index contributed by atoms with van der Waals surface area (Å²) in [5.41, 5.74) is 4.52. The fraction of sp³-hybridized carbons (Fsp3) is 0.500. The van der Waals surface area contributed by atoms with Crippen molar-refractivity contribution < 1.29 is 9.59 Å². The van der Waals surface area contributed by atoms with Gasteiger partial charge in [0.15, 0.2) is 5.82 Å². The van der Waals surface area contributed by atoms with Crippen LogP contribution in [-0.2, 0) is 9.59 Å². The van der Waals surface area contributed by atoms with Crippen LogP contribution in [0.3, 0.4) is 0 Å². The predicted molar refractivity (Wildman–Crippen MR) is 151 cm³/mol. The number of hydrogen-bond donors (Lipinski definition) is 1. The smallest absolute Gasteiger partial charge is 0.245 e. The number of piperazine rings is 1. The molecule has 4 heterocycles. The van der Waals surface area contributed by atoms with Crippen LogP contribution in [-0.4, -0.2) is 79.9 Å². The Morgan fingerprint density at radius 1 is 1.13 bits per heavy atom. The highest BCUT2D eigenvalue weighted by atomic mass is 35.5. The number of carbonyl (C=O) groups is 2. The Balaban J connectivity index is 1.65. The minimum Gasteiger partial charge on any atom is -0.346 e. The number of likely N-dealkylation sites (tertiary alicyclic amines) is 1. The van der Waals surface area contributed by atoms with Crippen molar-refractivity contribution in [2.45, 2.75) is 59.0 Å². The van der Waals surface area contributed by atoms with Crippen LogP contribution in [0.15, 0.2) is 24.9 Å². The van der Waals surface area contributed by atoms with E-state index in [2.05, 4.69) is 47.1 Å². The molecule has 5 rings (SSSR count). The molecule has 2 aromatic heterocycles. The zero-order chi connectivity index (χ0) is 27.4. The van der Waals surface area contributed by atoms with Gasteiger partial charge >= 0.3 is 0 Å². The number of H-pyrrole nitrogens is 1. The maximum absolute atomic E-state index is 12.2. The molecule has 0 radical (unpaired) electrons. The molecular formula is C28H36ClN7O2. The number of halogens is 1. The van der Waals surface area contributed by atoms with Crippen LogP contribution in [0.2, 0.25) is 5.02 Å². The first-order valence-corrected chi connectivity index (χ1v) is 13.6. The van der Waals surface area contributed by atoms with E-state index >= 15 is 0 Å². The number of rotatable bonds is 4. The fourth-order valence-electron chi connectivity index (χ4n) is 6.06. The average Bonchev–Trinajstić information content (AvgIpc) is 3.48. The van der Waals surface area contributed by atoms with E-state index in [1.807, 2.05) is 29.0 Å². The quantitative estimate of drug-likeness (QED) is 0.495. The molecule has 1 aromatic carbocycles. The summed E-state index contributed by atoms with van der Waals surface area (Å²) in [5, 5.41) is 14.3. The van der Waals surface area contributed by atoms with Gasteiger partial charge < -0.3 is 14.7 Å². The third-order valence-electron chi connectivity index (χ3n) is 8.15. The molecule has 0 bridgehead atoms. The lowest BCUT2D eigenvalue weighted by Gasteiger charge is -2.47. The van der Waals surface area contributed by atoms with Crippen molar-refractivity contribution in [3.05, 3.63) is 41.2 Å². The monoisotopic (exact) mass is 537 g/mol. The molecule has 10 heteroatoms. The number of piperidine rings is 1. The first-order chi connectivity index (χ1) is 18.0. The third-order valence-corrected chi connectivity index (χ3v) is 8.63. The summed E-state index contributed by atoms with van der Waals surface area (Å²) in [4.78, 5) is 30.4. The second-order valence-corrected chi connectivity index (χ2v) is 11.5. The van der Waals surface area contributed by atoms with Crippen molar-refractivity contribution in [2.24, 2.45) is 0 Å². The first-order valence-electron chi connectivity index (χ1n) is 13.2. The number of hydrogen-bond acceptors (Lipinski definition) is 5. The van der Waals surface area contributed by atoms with Crippen molar-refractivity contribution in [1.82, 2.24) is 29.8 Å². The second-order valence-electron chi connectivity index (χ2n) is 11.1. The molecule has 2 aliphatic heterocycles. The number of carbonyl (C=O) groups excluding carboxylic acids is 2. The molecule has 3 aromatic rings. The first kappa shape index (κ1) is 26.3. The summed E-state index contributed by atoms with van der Waals surface area (Å²) < 4.78 is 2.14. The van der Waals surface area contributed by atoms with Gasteiger partial charge in [-0.15, -0.1) is 0 Å². The molecule has 202 valence electrons. The molecule has 9 nitrogen and oxygen atoms in total. The number of benzene rings is 1. The lowest BCUT2D eigenvalue weighted by molar-refractivity contribution is -0.130. The summed E-state index contributed by atoms with van der Waals surface area (Å²) in [6.45, 7) is 16.9. The maximum Gasteiger partial charge on any atom is 0.245 e. The van der Waals surface area contributed by atoms with Crippen LogP contribution < -0.4 is 4.90 Å². The number of aromatic nitrogens is 4.